The fraction of sp³-hybridized carbons (Fsp3) is 0.600. The number of rotatable bonds is 13. The van der Waals surface area contributed by atoms with Crippen LogP contribution in [0.4, 0.5) is 19.0 Å². The number of aromatic nitrogens is 2. The molecule has 0 amide bonds. The van der Waals surface area contributed by atoms with Crippen molar-refractivity contribution in [2.75, 3.05) is 25.7 Å². The first-order chi connectivity index (χ1) is 14.5. The quantitative estimate of drug-likeness (QED) is 0.176. The summed E-state index contributed by atoms with van der Waals surface area (Å²) in [6.07, 6.45) is -4.78. The second-order valence-corrected chi connectivity index (χ2v) is 10.1. The van der Waals surface area contributed by atoms with Gasteiger partial charge in [0.2, 0.25) is 6.36 Å². The molecule has 1 aromatic heterocycles. The third kappa shape index (κ3) is 8.62. The molecule has 2 unspecified atom stereocenters. The molecule has 0 saturated heterocycles. The van der Waals surface area contributed by atoms with E-state index in [1.54, 1.807) is 0 Å². The molecular weight excluding hydrogens is 520 g/mol. The molecule has 0 saturated carbocycles. The van der Waals surface area contributed by atoms with Gasteiger partial charge in [0.15, 0.2) is 11.8 Å². The zero-order valence-corrected chi connectivity index (χ0v) is 18.1. The summed E-state index contributed by atoms with van der Waals surface area (Å²) in [7, 11) is -17.6. The minimum absolute atomic E-state index is 0.307. The van der Waals surface area contributed by atoms with Gasteiger partial charge in [-0.1, -0.05) is 0 Å². The number of hydrogen-bond acceptors (Lipinski definition) is 11. The molecule has 7 N–H and O–H groups in total. The van der Waals surface area contributed by atoms with Gasteiger partial charge in [-0.05, 0) is 6.07 Å². The summed E-state index contributed by atoms with van der Waals surface area (Å²) >= 11 is 0. The SMILES string of the molecule is Nc1ccn([C@@H](CF)O[C@](CF)(COP(=O)(O)OP(=O)(O)OP(=O)(O)O)[C@@H](O)F)c(=O)n1. The van der Waals surface area contributed by atoms with Crippen molar-refractivity contribution in [2.45, 2.75) is 18.2 Å². The molecule has 0 spiro atoms. The number of phosphoric ester groups is 1. The Balaban J connectivity index is 3.11. The number of nitrogen functional groups attached to an aromatic ring is 1. The lowest BCUT2D eigenvalue weighted by atomic mass is 10.1. The monoisotopic (exact) mass is 537 g/mol. The Hall–Kier alpha value is -1.20. The second kappa shape index (κ2) is 10.8. The van der Waals surface area contributed by atoms with E-state index in [0.717, 1.165) is 12.3 Å². The van der Waals surface area contributed by atoms with Gasteiger partial charge in [0.25, 0.3) is 0 Å². The van der Waals surface area contributed by atoms with Crippen LogP contribution in [0, 0.1) is 0 Å². The van der Waals surface area contributed by atoms with E-state index < -0.39 is 67.3 Å². The number of anilines is 1. The zero-order valence-electron chi connectivity index (χ0n) is 15.4. The lowest BCUT2D eigenvalue weighted by Gasteiger charge is -2.34. The molecule has 0 aromatic carbocycles. The van der Waals surface area contributed by atoms with Gasteiger partial charge < -0.3 is 35.2 Å². The van der Waals surface area contributed by atoms with Gasteiger partial charge >= 0.3 is 29.2 Å². The highest BCUT2D eigenvalue weighted by Crippen LogP contribution is 2.66. The number of aliphatic hydroxyl groups excluding tert-OH is 1. The summed E-state index contributed by atoms with van der Waals surface area (Å²) in [4.78, 5) is 50.3. The number of hydrogen-bond donors (Lipinski definition) is 6. The van der Waals surface area contributed by atoms with E-state index in [9.17, 15) is 41.7 Å². The first kappa shape index (κ1) is 28.8. The topological polar surface area (TPSA) is 250 Å². The van der Waals surface area contributed by atoms with Crippen molar-refractivity contribution in [3.05, 3.63) is 22.7 Å². The fourth-order valence-electron chi connectivity index (χ4n) is 1.87. The molecule has 1 rings (SSSR count). The summed E-state index contributed by atoms with van der Waals surface area (Å²) in [5.74, 6) is -0.307. The largest absolute Gasteiger partial charge is 0.490 e. The molecule has 186 valence electrons. The third-order valence-corrected chi connectivity index (χ3v) is 7.00. The van der Waals surface area contributed by atoms with E-state index in [1.165, 1.54) is 0 Å². The molecule has 22 heteroatoms. The normalized spacial score (nSPS) is 20.0. The van der Waals surface area contributed by atoms with Gasteiger partial charge in [-0.3, -0.25) is 9.09 Å². The van der Waals surface area contributed by atoms with E-state index >= 15 is 0 Å². The summed E-state index contributed by atoms with van der Waals surface area (Å²) in [5.41, 5.74) is 0.676. The van der Waals surface area contributed by atoms with Crippen molar-refractivity contribution < 1.29 is 69.4 Å². The molecule has 0 aliphatic carbocycles. The van der Waals surface area contributed by atoms with Crippen LogP contribution in [0.2, 0.25) is 0 Å². The Morgan fingerprint density at radius 1 is 1.16 bits per heavy atom. The van der Waals surface area contributed by atoms with Crippen LogP contribution in [0.5, 0.6) is 0 Å². The smallest absolute Gasteiger partial charge is 0.383 e. The van der Waals surface area contributed by atoms with Gasteiger partial charge in [-0.2, -0.15) is 13.6 Å². The van der Waals surface area contributed by atoms with Crippen molar-refractivity contribution in [3.8, 4) is 0 Å². The van der Waals surface area contributed by atoms with Gasteiger partial charge in [0.1, 0.15) is 19.2 Å². The van der Waals surface area contributed by atoms with E-state index in [-0.39, 0.29) is 5.82 Å². The Labute approximate surface area is 175 Å². The minimum atomic E-state index is -5.96. The average Bonchev–Trinajstić information content (AvgIpc) is 2.59. The lowest BCUT2D eigenvalue weighted by molar-refractivity contribution is -0.236. The summed E-state index contributed by atoms with van der Waals surface area (Å²) in [6.45, 7) is -5.57. The molecule has 0 radical (unpaired) electrons. The maximum Gasteiger partial charge on any atom is 0.490 e. The maximum absolute atomic E-state index is 13.8. The number of nitrogens with two attached hydrogens (primary N) is 1. The average molecular weight is 537 g/mol. The number of ether oxygens (including phenoxy) is 1. The van der Waals surface area contributed by atoms with Gasteiger partial charge in [-0.25, -0.2) is 31.7 Å². The Kier molecular flexibility index (Phi) is 9.75. The van der Waals surface area contributed by atoms with Gasteiger partial charge in [-0.15, -0.1) is 0 Å². The number of nitrogens with zero attached hydrogens (tertiary/aromatic N) is 2. The molecular formula is C10H17F3N3O13P3. The van der Waals surface area contributed by atoms with Crippen LogP contribution >= 0.6 is 23.5 Å². The van der Waals surface area contributed by atoms with Crippen LogP contribution in [0.1, 0.15) is 6.23 Å². The number of halogens is 3. The first-order valence-corrected chi connectivity index (χ1v) is 12.2. The highest BCUT2D eigenvalue weighted by molar-refractivity contribution is 7.66. The molecule has 0 fully saturated rings. The maximum atomic E-state index is 13.8. The number of alkyl halides is 3. The van der Waals surface area contributed by atoms with Crippen molar-refractivity contribution in [2.24, 2.45) is 0 Å². The molecule has 5 atom stereocenters. The van der Waals surface area contributed by atoms with Crippen LogP contribution in [0.25, 0.3) is 0 Å². The van der Waals surface area contributed by atoms with E-state index in [4.69, 9.17) is 25.2 Å². The van der Waals surface area contributed by atoms with Crippen molar-refractivity contribution in [1.29, 1.82) is 0 Å². The molecule has 1 aromatic rings. The van der Waals surface area contributed by atoms with Crippen LogP contribution in [0.3, 0.4) is 0 Å². The molecule has 0 bridgehead atoms. The van der Waals surface area contributed by atoms with Crippen LogP contribution in [0.15, 0.2) is 17.1 Å². The van der Waals surface area contributed by atoms with E-state index in [1.807, 2.05) is 0 Å². The highest BCUT2D eigenvalue weighted by Gasteiger charge is 2.47. The fourth-order valence-corrected chi connectivity index (χ4v) is 4.94. The predicted molar refractivity (Wildman–Crippen MR) is 94.6 cm³/mol. The Morgan fingerprint density at radius 2 is 1.75 bits per heavy atom. The number of aliphatic hydroxyl groups is 1. The molecule has 1 heterocycles. The van der Waals surface area contributed by atoms with Crippen molar-refractivity contribution in [1.82, 2.24) is 9.55 Å². The van der Waals surface area contributed by atoms with Crippen LogP contribution in [-0.2, 0) is 31.6 Å². The summed E-state index contributed by atoms with van der Waals surface area (Å²) in [6, 6.07) is 0.975. The molecule has 0 aliphatic rings. The van der Waals surface area contributed by atoms with Gasteiger partial charge in [0, 0.05) is 6.20 Å². The zero-order chi connectivity index (χ0) is 25.0. The molecule has 32 heavy (non-hydrogen) atoms. The Morgan fingerprint density at radius 3 is 2.19 bits per heavy atom. The predicted octanol–water partition coefficient (Wildman–Crippen LogP) is -0.350. The standard InChI is InChI=1S/C10H17F3N3O13P3/c11-3-7(16-2-1-6(14)15-9(16)18)27-10(4-12,8(13)17)5-26-31(22,23)29-32(24,25)28-30(19,20)21/h1-2,7-8,17H,3-5H2,(H,22,23)(H,24,25)(H2,14,15,18)(H2,19,20,21)/t7-,8-,10-/m1/s1. The summed E-state index contributed by atoms with van der Waals surface area (Å²) < 4.78 is 90.2. The molecule has 16 nitrogen and oxygen atoms in total. The second-order valence-electron chi connectivity index (χ2n) is 5.67. The molecule has 0 aliphatic heterocycles. The van der Waals surface area contributed by atoms with E-state index in [2.05, 4.69) is 18.1 Å². The van der Waals surface area contributed by atoms with Crippen LogP contribution < -0.4 is 11.4 Å². The minimum Gasteiger partial charge on any atom is -0.383 e. The highest BCUT2D eigenvalue weighted by atomic mass is 31.3. The van der Waals surface area contributed by atoms with Gasteiger partial charge in [0.05, 0.1) is 6.61 Å². The lowest BCUT2D eigenvalue weighted by Crippen LogP contribution is -2.51. The Bertz CT molecular complexity index is 989. The van der Waals surface area contributed by atoms with Crippen LogP contribution in [-0.4, -0.2) is 66.1 Å². The van der Waals surface area contributed by atoms with Crippen molar-refractivity contribution >= 4 is 29.3 Å². The number of phosphoric acid groups is 3. The van der Waals surface area contributed by atoms with E-state index in [0.29, 0.717) is 4.57 Å². The summed E-state index contributed by atoms with van der Waals surface area (Å²) in [5, 5.41) is 9.25. The third-order valence-electron chi connectivity index (χ3n) is 3.21. The van der Waals surface area contributed by atoms with Crippen molar-refractivity contribution in [3.63, 3.8) is 0 Å². The first-order valence-electron chi connectivity index (χ1n) is 7.71.